The highest BCUT2D eigenvalue weighted by molar-refractivity contribution is 5.91. The predicted molar refractivity (Wildman–Crippen MR) is 82.2 cm³/mol. The lowest BCUT2D eigenvalue weighted by Crippen LogP contribution is -2.35. The van der Waals surface area contributed by atoms with E-state index < -0.39 is 0 Å². The molecule has 1 aliphatic rings. The van der Waals surface area contributed by atoms with Gasteiger partial charge in [0.1, 0.15) is 23.8 Å². The molecule has 4 heterocycles. The minimum absolute atomic E-state index is 0.133. The summed E-state index contributed by atoms with van der Waals surface area (Å²) >= 11 is 0. The highest BCUT2D eigenvalue weighted by Gasteiger charge is 2.28. The van der Waals surface area contributed by atoms with Crippen molar-refractivity contribution in [2.24, 2.45) is 0 Å². The Kier molecular flexibility index (Phi) is 3.74. The first-order valence-electron chi connectivity index (χ1n) is 7.63. The number of ether oxygens (including phenoxy) is 1. The van der Waals surface area contributed by atoms with E-state index in [0.717, 1.165) is 11.3 Å². The van der Waals surface area contributed by atoms with E-state index in [9.17, 15) is 4.79 Å². The van der Waals surface area contributed by atoms with Crippen molar-refractivity contribution in [3.05, 3.63) is 65.7 Å². The Morgan fingerprint density at radius 1 is 1.33 bits per heavy atom. The molecule has 4 rings (SSSR count). The number of carbonyl (C=O) groups is 1. The Bertz CT molecular complexity index is 827. The molecule has 0 fully saturated rings. The molecule has 1 amide bonds. The molecule has 1 aliphatic heterocycles. The Morgan fingerprint density at radius 3 is 3.08 bits per heavy atom. The molecule has 24 heavy (non-hydrogen) atoms. The molecule has 7 heteroatoms. The molecular weight excluding hydrogens is 310 g/mol. The maximum atomic E-state index is 12.4. The van der Waals surface area contributed by atoms with E-state index in [2.05, 4.69) is 10.1 Å². The number of aromatic nitrogens is 2. The molecule has 0 saturated carbocycles. The van der Waals surface area contributed by atoms with Gasteiger partial charge < -0.3 is 18.6 Å². The zero-order valence-electron chi connectivity index (χ0n) is 12.8. The van der Waals surface area contributed by atoms with Crippen molar-refractivity contribution in [3.8, 4) is 5.75 Å². The Morgan fingerprint density at radius 2 is 2.29 bits per heavy atom. The number of amides is 1. The van der Waals surface area contributed by atoms with Crippen LogP contribution in [0.3, 0.4) is 0 Å². The SMILES string of the molecule is O=C(c1ccco1)N1CCc2onc(COc3cccnc3)c2C1. The summed E-state index contributed by atoms with van der Waals surface area (Å²) in [5.41, 5.74) is 1.61. The first-order valence-corrected chi connectivity index (χ1v) is 7.63. The number of hydrogen-bond acceptors (Lipinski definition) is 6. The third-order valence-corrected chi connectivity index (χ3v) is 3.94. The lowest BCUT2D eigenvalue weighted by atomic mass is 10.1. The molecule has 3 aromatic heterocycles. The lowest BCUT2D eigenvalue weighted by Gasteiger charge is -2.25. The van der Waals surface area contributed by atoms with Gasteiger partial charge in [-0.1, -0.05) is 5.16 Å². The first kappa shape index (κ1) is 14.5. The van der Waals surface area contributed by atoms with Crippen molar-refractivity contribution in [2.75, 3.05) is 6.54 Å². The van der Waals surface area contributed by atoms with Gasteiger partial charge in [-0.15, -0.1) is 0 Å². The molecule has 7 nitrogen and oxygen atoms in total. The maximum Gasteiger partial charge on any atom is 0.289 e. The van der Waals surface area contributed by atoms with Crippen LogP contribution in [0, 0.1) is 0 Å². The summed E-state index contributed by atoms with van der Waals surface area (Å²) in [6.07, 6.45) is 5.44. The summed E-state index contributed by atoms with van der Waals surface area (Å²) < 4.78 is 16.3. The molecule has 0 unspecified atom stereocenters. The second-order valence-corrected chi connectivity index (χ2v) is 5.46. The maximum absolute atomic E-state index is 12.4. The van der Waals surface area contributed by atoms with Crippen LogP contribution in [0.25, 0.3) is 0 Å². The summed E-state index contributed by atoms with van der Waals surface area (Å²) in [6.45, 7) is 1.28. The van der Waals surface area contributed by atoms with Gasteiger partial charge in [0.2, 0.25) is 0 Å². The summed E-state index contributed by atoms with van der Waals surface area (Å²) in [4.78, 5) is 18.2. The van der Waals surface area contributed by atoms with Crippen LogP contribution >= 0.6 is 0 Å². The lowest BCUT2D eigenvalue weighted by molar-refractivity contribution is 0.0696. The Hall–Kier alpha value is -3.09. The van der Waals surface area contributed by atoms with E-state index in [-0.39, 0.29) is 12.5 Å². The van der Waals surface area contributed by atoms with Crippen LogP contribution in [0.1, 0.15) is 27.6 Å². The van der Waals surface area contributed by atoms with Crippen LogP contribution in [0.15, 0.2) is 51.9 Å². The molecule has 122 valence electrons. The summed E-state index contributed by atoms with van der Waals surface area (Å²) in [5.74, 6) is 1.67. The number of pyridine rings is 1. The fourth-order valence-electron chi connectivity index (χ4n) is 2.69. The average molecular weight is 325 g/mol. The molecule has 0 aromatic carbocycles. The third kappa shape index (κ3) is 2.76. The van der Waals surface area contributed by atoms with Crippen LogP contribution in [-0.2, 0) is 19.6 Å². The molecule has 3 aromatic rings. The standard InChI is InChI=1S/C17H15N3O4/c21-17(16-4-2-8-22-16)20-7-5-15-13(10-20)14(19-24-15)11-23-12-3-1-6-18-9-12/h1-4,6,8-9H,5,7,10-11H2. The monoisotopic (exact) mass is 325 g/mol. The predicted octanol–water partition coefficient (Wildman–Crippen LogP) is 2.44. The van der Waals surface area contributed by atoms with Gasteiger partial charge in [-0.2, -0.15) is 0 Å². The number of furan rings is 1. The van der Waals surface area contributed by atoms with Gasteiger partial charge in [0.05, 0.1) is 19.0 Å². The van der Waals surface area contributed by atoms with Gasteiger partial charge >= 0.3 is 0 Å². The highest BCUT2D eigenvalue weighted by Crippen LogP contribution is 2.24. The first-order chi connectivity index (χ1) is 11.8. The van der Waals surface area contributed by atoms with E-state index >= 15 is 0 Å². The van der Waals surface area contributed by atoms with Crippen LogP contribution in [0.2, 0.25) is 0 Å². The Balaban J connectivity index is 1.48. The van der Waals surface area contributed by atoms with Crippen LogP contribution in [-0.4, -0.2) is 27.5 Å². The van der Waals surface area contributed by atoms with Crippen LogP contribution < -0.4 is 4.74 Å². The number of hydrogen-bond donors (Lipinski definition) is 0. The number of rotatable bonds is 4. The molecule has 0 saturated heterocycles. The fourth-order valence-corrected chi connectivity index (χ4v) is 2.69. The van der Waals surface area contributed by atoms with Gasteiger partial charge in [0.15, 0.2) is 5.76 Å². The second-order valence-electron chi connectivity index (χ2n) is 5.46. The van der Waals surface area contributed by atoms with Crippen molar-refractivity contribution in [2.45, 2.75) is 19.6 Å². The minimum Gasteiger partial charge on any atom is -0.486 e. The second kappa shape index (κ2) is 6.19. The summed E-state index contributed by atoms with van der Waals surface area (Å²) in [7, 11) is 0. The van der Waals surface area contributed by atoms with Crippen molar-refractivity contribution in [1.82, 2.24) is 15.0 Å². The molecule has 0 bridgehead atoms. The van der Waals surface area contributed by atoms with Crippen molar-refractivity contribution in [1.29, 1.82) is 0 Å². The van der Waals surface area contributed by atoms with Crippen molar-refractivity contribution >= 4 is 5.91 Å². The average Bonchev–Trinajstić information content (AvgIpc) is 3.30. The highest BCUT2D eigenvalue weighted by atomic mass is 16.5. The molecule has 0 radical (unpaired) electrons. The largest absolute Gasteiger partial charge is 0.486 e. The van der Waals surface area contributed by atoms with E-state index in [1.165, 1.54) is 6.26 Å². The van der Waals surface area contributed by atoms with Gasteiger partial charge in [0, 0.05) is 24.7 Å². The molecule has 0 spiro atoms. The number of fused-ring (bicyclic) bond motifs is 1. The summed E-state index contributed by atoms with van der Waals surface area (Å²) in [5, 5.41) is 4.09. The quantitative estimate of drug-likeness (QED) is 0.733. The topological polar surface area (TPSA) is 81.6 Å². The van der Waals surface area contributed by atoms with Crippen molar-refractivity contribution < 1.29 is 18.5 Å². The summed E-state index contributed by atoms with van der Waals surface area (Å²) in [6, 6.07) is 7.00. The molecule has 0 atom stereocenters. The minimum atomic E-state index is -0.133. The number of nitrogens with zero attached hydrogens (tertiary/aromatic N) is 3. The van der Waals surface area contributed by atoms with Gasteiger partial charge in [-0.3, -0.25) is 9.78 Å². The van der Waals surface area contributed by atoms with Crippen LogP contribution in [0.5, 0.6) is 5.75 Å². The zero-order valence-corrected chi connectivity index (χ0v) is 12.8. The molecular formula is C17H15N3O4. The third-order valence-electron chi connectivity index (χ3n) is 3.94. The normalized spacial score (nSPS) is 13.6. The van der Waals surface area contributed by atoms with E-state index in [0.29, 0.717) is 36.7 Å². The molecule has 0 aliphatic carbocycles. The van der Waals surface area contributed by atoms with E-state index in [4.69, 9.17) is 13.7 Å². The van der Waals surface area contributed by atoms with Gasteiger partial charge in [0.25, 0.3) is 5.91 Å². The Labute approximate surface area is 137 Å². The van der Waals surface area contributed by atoms with E-state index in [1.54, 1.807) is 35.5 Å². The smallest absolute Gasteiger partial charge is 0.289 e. The van der Waals surface area contributed by atoms with Crippen LogP contribution in [0.4, 0.5) is 0 Å². The zero-order chi connectivity index (χ0) is 16.4. The number of carbonyl (C=O) groups excluding carboxylic acids is 1. The van der Waals surface area contributed by atoms with Gasteiger partial charge in [-0.05, 0) is 24.3 Å². The molecule has 0 N–H and O–H groups in total. The fraction of sp³-hybridized carbons (Fsp3) is 0.235. The van der Waals surface area contributed by atoms with Crippen molar-refractivity contribution in [3.63, 3.8) is 0 Å². The van der Waals surface area contributed by atoms with Gasteiger partial charge in [-0.25, -0.2) is 0 Å². The van der Waals surface area contributed by atoms with E-state index in [1.807, 2.05) is 6.07 Å².